The lowest BCUT2D eigenvalue weighted by Crippen LogP contribution is -2.15. The summed E-state index contributed by atoms with van der Waals surface area (Å²) in [5.41, 5.74) is 3.14. The number of carbonyl (C=O) groups excluding carboxylic acids is 1. The molecule has 0 bridgehead atoms. The number of rotatable bonds is 6. The summed E-state index contributed by atoms with van der Waals surface area (Å²) in [4.78, 5) is 16.5. The molecule has 0 aliphatic carbocycles. The molecule has 0 saturated heterocycles. The number of sulfonamides is 1. The standard InChI is InChI=1S/C22H19N5O3S/c1-16-9-14-24-27(16)20-4-2-3-19(15-20)25-22(28)17-5-7-21(8-6-17)31(29,30)26-18-10-12-23-13-11-18/h2-15H,1H3,(H,23,26)(H,25,28). The quantitative estimate of drug-likeness (QED) is 0.483. The third-order valence-corrected chi connectivity index (χ3v) is 5.94. The Morgan fingerprint density at radius 1 is 0.903 bits per heavy atom. The fraction of sp³-hybridized carbons (Fsp3) is 0.0455. The molecule has 0 fully saturated rings. The maximum atomic E-state index is 12.6. The molecule has 31 heavy (non-hydrogen) atoms. The average molecular weight is 433 g/mol. The molecule has 0 saturated carbocycles. The number of carbonyl (C=O) groups is 1. The minimum absolute atomic E-state index is 0.0528. The van der Waals surface area contributed by atoms with Crippen LogP contribution in [0.1, 0.15) is 16.1 Å². The molecule has 0 radical (unpaired) electrons. The van der Waals surface area contributed by atoms with Gasteiger partial charge in [0.2, 0.25) is 0 Å². The van der Waals surface area contributed by atoms with Crippen molar-refractivity contribution in [2.45, 2.75) is 11.8 Å². The van der Waals surface area contributed by atoms with Gasteiger partial charge in [-0.15, -0.1) is 0 Å². The van der Waals surface area contributed by atoms with Crippen LogP contribution in [0.15, 0.2) is 90.2 Å². The number of nitrogens with zero attached hydrogens (tertiary/aromatic N) is 3. The summed E-state index contributed by atoms with van der Waals surface area (Å²) in [6, 6.07) is 18.0. The van der Waals surface area contributed by atoms with Gasteiger partial charge in [0, 0.05) is 35.5 Å². The van der Waals surface area contributed by atoms with Gasteiger partial charge in [-0.25, -0.2) is 13.1 Å². The summed E-state index contributed by atoms with van der Waals surface area (Å²) < 4.78 is 29.3. The maximum absolute atomic E-state index is 12.6. The Labute approximate surface area is 179 Å². The highest BCUT2D eigenvalue weighted by atomic mass is 32.2. The van der Waals surface area contributed by atoms with Gasteiger partial charge in [0.15, 0.2) is 0 Å². The van der Waals surface area contributed by atoms with Crippen LogP contribution < -0.4 is 10.0 Å². The van der Waals surface area contributed by atoms with Crippen molar-refractivity contribution in [3.8, 4) is 5.69 Å². The SMILES string of the molecule is Cc1ccnn1-c1cccc(NC(=O)c2ccc(S(=O)(=O)Nc3ccncc3)cc2)c1. The predicted molar refractivity (Wildman–Crippen MR) is 118 cm³/mol. The Hall–Kier alpha value is -3.98. The Morgan fingerprint density at radius 3 is 2.32 bits per heavy atom. The summed E-state index contributed by atoms with van der Waals surface area (Å²) in [5, 5.41) is 7.09. The van der Waals surface area contributed by atoms with E-state index in [1.807, 2.05) is 31.2 Å². The van der Waals surface area contributed by atoms with Crippen molar-refractivity contribution in [1.29, 1.82) is 0 Å². The van der Waals surface area contributed by atoms with Crippen LogP contribution in [-0.4, -0.2) is 29.1 Å². The van der Waals surface area contributed by atoms with Crippen LogP contribution in [-0.2, 0) is 10.0 Å². The minimum Gasteiger partial charge on any atom is -0.322 e. The first-order chi connectivity index (χ1) is 14.9. The van der Waals surface area contributed by atoms with Crippen molar-refractivity contribution in [3.63, 3.8) is 0 Å². The number of anilines is 2. The molecule has 9 heteroatoms. The molecule has 2 N–H and O–H groups in total. The summed E-state index contributed by atoms with van der Waals surface area (Å²) in [5.74, 6) is -0.347. The molecule has 0 aliphatic rings. The predicted octanol–water partition coefficient (Wildman–Crippen LogP) is 3.63. The first-order valence-corrected chi connectivity index (χ1v) is 10.9. The second kappa shape index (κ2) is 8.41. The van der Waals surface area contributed by atoms with Crippen LogP contribution in [0, 0.1) is 6.92 Å². The summed E-state index contributed by atoms with van der Waals surface area (Å²) >= 11 is 0. The highest BCUT2D eigenvalue weighted by molar-refractivity contribution is 7.92. The summed E-state index contributed by atoms with van der Waals surface area (Å²) in [6.45, 7) is 1.94. The molecule has 2 aromatic carbocycles. The number of pyridine rings is 1. The van der Waals surface area contributed by atoms with E-state index in [-0.39, 0.29) is 10.8 Å². The van der Waals surface area contributed by atoms with E-state index in [9.17, 15) is 13.2 Å². The number of amides is 1. The Morgan fingerprint density at radius 2 is 1.65 bits per heavy atom. The maximum Gasteiger partial charge on any atom is 0.261 e. The third kappa shape index (κ3) is 4.62. The number of aromatic nitrogens is 3. The molecule has 2 heterocycles. The van der Waals surface area contributed by atoms with E-state index in [4.69, 9.17) is 0 Å². The van der Waals surface area contributed by atoms with E-state index in [0.29, 0.717) is 16.9 Å². The molecule has 0 spiro atoms. The lowest BCUT2D eigenvalue weighted by Gasteiger charge is -2.10. The van der Waals surface area contributed by atoms with Crippen molar-refractivity contribution in [1.82, 2.24) is 14.8 Å². The Bertz CT molecular complexity index is 1320. The molecule has 4 aromatic rings. The van der Waals surface area contributed by atoms with E-state index in [2.05, 4.69) is 20.1 Å². The topological polar surface area (TPSA) is 106 Å². The summed E-state index contributed by atoms with van der Waals surface area (Å²) in [6.07, 6.45) is 4.70. The normalized spacial score (nSPS) is 11.1. The molecule has 2 aromatic heterocycles. The number of hydrogen-bond acceptors (Lipinski definition) is 5. The molecule has 0 atom stereocenters. The van der Waals surface area contributed by atoms with Crippen molar-refractivity contribution in [2.75, 3.05) is 10.0 Å². The molecule has 156 valence electrons. The highest BCUT2D eigenvalue weighted by Crippen LogP contribution is 2.19. The molecular formula is C22H19N5O3S. The van der Waals surface area contributed by atoms with Gasteiger partial charge in [-0.2, -0.15) is 5.10 Å². The number of benzene rings is 2. The van der Waals surface area contributed by atoms with Crippen molar-refractivity contribution < 1.29 is 13.2 Å². The van der Waals surface area contributed by atoms with Crippen molar-refractivity contribution in [2.24, 2.45) is 0 Å². The number of aryl methyl sites for hydroxylation is 1. The number of hydrogen-bond donors (Lipinski definition) is 2. The van der Waals surface area contributed by atoms with Gasteiger partial charge in [-0.05, 0) is 67.6 Å². The lowest BCUT2D eigenvalue weighted by atomic mass is 10.2. The van der Waals surface area contributed by atoms with Crippen molar-refractivity contribution >= 4 is 27.3 Å². The van der Waals surface area contributed by atoms with Gasteiger partial charge in [0.25, 0.3) is 15.9 Å². The second-order valence-corrected chi connectivity index (χ2v) is 8.44. The van der Waals surface area contributed by atoms with Crippen LogP contribution in [0.4, 0.5) is 11.4 Å². The fourth-order valence-corrected chi connectivity index (χ4v) is 4.04. The van der Waals surface area contributed by atoms with Gasteiger partial charge in [0.1, 0.15) is 0 Å². The zero-order chi connectivity index (χ0) is 21.8. The fourth-order valence-electron chi connectivity index (χ4n) is 2.98. The van der Waals surface area contributed by atoms with Gasteiger partial charge in [-0.3, -0.25) is 14.5 Å². The van der Waals surface area contributed by atoms with Gasteiger partial charge < -0.3 is 5.32 Å². The number of nitrogens with one attached hydrogen (secondary N) is 2. The molecule has 8 nitrogen and oxygen atoms in total. The first kappa shape index (κ1) is 20.3. The van der Waals surface area contributed by atoms with E-state index < -0.39 is 10.0 Å². The van der Waals surface area contributed by atoms with E-state index in [1.54, 1.807) is 29.1 Å². The smallest absolute Gasteiger partial charge is 0.261 e. The average Bonchev–Trinajstić information content (AvgIpc) is 3.20. The minimum atomic E-state index is -3.77. The van der Waals surface area contributed by atoms with E-state index in [1.165, 1.54) is 36.7 Å². The van der Waals surface area contributed by atoms with Gasteiger partial charge in [0.05, 0.1) is 16.3 Å². The monoisotopic (exact) mass is 433 g/mol. The lowest BCUT2D eigenvalue weighted by molar-refractivity contribution is 0.102. The Kier molecular flexibility index (Phi) is 5.50. The molecular weight excluding hydrogens is 414 g/mol. The summed E-state index contributed by atoms with van der Waals surface area (Å²) in [7, 11) is -3.77. The van der Waals surface area contributed by atoms with Crippen LogP contribution in [0.2, 0.25) is 0 Å². The van der Waals surface area contributed by atoms with E-state index >= 15 is 0 Å². The molecule has 4 rings (SSSR count). The highest BCUT2D eigenvalue weighted by Gasteiger charge is 2.15. The van der Waals surface area contributed by atoms with Gasteiger partial charge in [-0.1, -0.05) is 6.07 Å². The Balaban J connectivity index is 1.48. The molecule has 0 aliphatic heterocycles. The third-order valence-electron chi connectivity index (χ3n) is 4.54. The molecule has 1 amide bonds. The largest absolute Gasteiger partial charge is 0.322 e. The first-order valence-electron chi connectivity index (χ1n) is 9.38. The zero-order valence-corrected chi connectivity index (χ0v) is 17.4. The van der Waals surface area contributed by atoms with Crippen LogP contribution in [0.3, 0.4) is 0 Å². The zero-order valence-electron chi connectivity index (χ0n) is 16.6. The van der Waals surface area contributed by atoms with Crippen LogP contribution >= 0.6 is 0 Å². The molecule has 0 unspecified atom stereocenters. The van der Waals surface area contributed by atoms with Crippen LogP contribution in [0.25, 0.3) is 5.69 Å². The van der Waals surface area contributed by atoms with Crippen LogP contribution in [0.5, 0.6) is 0 Å². The van der Waals surface area contributed by atoms with Crippen molar-refractivity contribution in [3.05, 3.63) is 96.6 Å². The van der Waals surface area contributed by atoms with E-state index in [0.717, 1.165) is 11.4 Å². The second-order valence-electron chi connectivity index (χ2n) is 6.75. The van der Waals surface area contributed by atoms with Gasteiger partial charge >= 0.3 is 0 Å².